The first-order valence-electron chi connectivity index (χ1n) is 8.48. The molecule has 0 unspecified atom stereocenters. The Morgan fingerprint density at radius 3 is 2.28 bits per heavy atom. The number of carbonyl (C=O) groups is 4. The van der Waals surface area contributed by atoms with Crippen molar-refractivity contribution >= 4 is 35.5 Å². The molecule has 0 fully saturated rings. The van der Waals surface area contributed by atoms with Crippen LogP contribution in [0.1, 0.15) is 29.8 Å². The molecule has 9 heteroatoms. The molecule has 3 amide bonds. The van der Waals surface area contributed by atoms with Crippen LogP contribution in [0.5, 0.6) is 5.75 Å². The first-order valence-corrected chi connectivity index (χ1v) is 8.48. The second-order valence-corrected chi connectivity index (χ2v) is 5.91. The van der Waals surface area contributed by atoms with Crippen molar-refractivity contribution < 1.29 is 23.9 Å². The van der Waals surface area contributed by atoms with Crippen molar-refractivity contribution in [1.29, 1.82) is 0 Å². The molecular weight excluding hydrogens is 376 g/mol. The van der Waals surface area contributed by atoms with Gasteiger partial charge in [-0.2, -0.15) is 0 Å². The van der Waals surface area contributed by atoms with Crippen molar-refractivity contribution in [1.82, 2.24) is 10.7 Å². The molecule has 150 valence electrons. The van der Waals surface area contributed by atoms with Crippen molar-refractivity contribution in [2.24, 2.45) is 5.84 Å². The standard InChI is InChI=1S/C20H20N4O5/c1-12(25)22-16-8-6-15(7-9-16)19(27)23-18(20(28)24-21)11-14-4-3-5-17(10-14)29-13(2)26/h3-11H,21H2,1-2H3,(H,22,25)(H,23,27)(H,24,28)/b18-11+. The summed E-state index contributed by atoms with van der Waals surface area (Å²) in [5.41, 5.74) is 3.16. The van der Waals surface area contributed by atoms with E-state index in [0.717, 1.165) is 0 Å². The Labute approximate surface area is 166 Å². The normalized spacial score (nSPS) is 10.7. The maximum Gasteiger partial charge on any atom is 0.308 e. The monoisotopic (exact) mass is 396 g/mol. The van der Waals surface area contributed by atoms with E-state index < -0.39 is 17.8 Å². The Bertz CT molecular complexity index is 967. The summed E-state index contributed by atoms with van der Waals surface area (Å²) in [6, 6.07) is 12.5. The minimum Gasteiger partial charge on any atom is -0.427 e. The van der Waals surface area contributed by atoms with Gasteiger partial charge < -0.3 is 15.4 Å². The predicted molar refractivity (Wildman–Crippen MR) is 106 cm³/mol. The number of hydrogen-bond acceptors (Lipinski definition) is 6. The summed E-state index contributed by atoms with van der Waals surface area (Å²) < 4.78 is 5.00. The highest BCUT2D eigenvalue weighted by atomic mass is 16.5. The van der Waals surface area contributed by atoms with Crippen LogP contribution in [0.15, 0.2) is 54.2 Å². The number of hydrazine groups is 1. The van der Waals surface area contributed by atoms with Gasteiger partial charge in [0, 0.05) is 25.1 Å². The number of nitrogens with two attached hydrogens (primary N) is 1. The lowest BCUT2D eigenvalue weighted by Gasteiger charge is -2.10. The Balaban J connectivity index is 2.23. The van der Waals surface area contributed by atoms with Crippen molar-refractivity contribution in [3.8, 4) is 5.75 Å². The Morgan fingerprint density at radius 1 is 1.00 bits per heavy atom. The molecule has 2 aromatic carbocycles. The molecule has 0 aliphatic carbocycles. The lowest BCUT2D eigenvalue weighted by molar-refractivity contribution is -0.132. The van der Waals surface area contributed by atoms with E-state index >= 15 is 0 Å². The first-order chi connectivity index (χ1) is 13.8. The van der Waals surface area contributed by atoms with Gasteiger partial charge in [0.15, 0.2) is 0 Å². The minimum absolute atomic E-state index is 0.108. The van der Waals surface area contributed by atoms with Crippen LogP contribution in [0.4, 0.5) is 5.69 Å². The largest absolute Gasteiger partial charge is 0.427 e. The first kappa shape index (κ1) is 21.3. The van der Waals surface area contributed by atoms with Gasteiger partial charge in [0.25, 0.3) is 11.8 Å². The van der Waals surface area contributed by atoms with Crippen LogP contribution in [0.2, 0.25) is 0 Å². The number of anilines is 1. The second-order valence-electron chi connectivity index (χ2n) is 5.91. The van der Waals surface area contributed by atoms with Crippen molar-refractivity contribution in [3.63, 3.8) is 0 Å². The van der Waals surface area contributed by atoms with Crippen LogP contribution >= 0.6 is 0 Å². The van der Waals surface area contributed by atoms with Gasteiger partial charge in [-0.1, -0.05) is 12.1 Å². The van der Waals surface area contributed by atoms with E-state index in [1.54, 1.807) is 30.3 Å². The fraction of sp³-hybridized carbons (Fsp3) is 0.100. The highest BCUT2D eigenvalue weighted by Crippen LogP contribution is 2.16. The Kier molecular flexibility index (Phi) is 7.21. The zero-order valence-electron chi connectivity index (χ0n) is 15.8. The SMILES string of the molecule is CC(=O)Nc1ccc(C(=O)N/C(=C/c2cccc(OC(C)=O)c2)C(=O)NN)cc1. The van der Waals surface area contributed by atoms with Gasteiger partial charge in [0.2, 0.25) is 5.91 Å². The minimum atomic E-state index is -0.717. The predicted octanol–water partition coefficient (Wildman–Crippen LogP) is 1.33. The molecule has 9 nitrogen and oxygen atoms in total. The van der Waals surface area contributed by atoms with Gasteiger partial charge in [-0.05, 0) is 48.0 Å². The van der Waals surface area contributed by atoms with E-state index in [1.165, 1.54) is 38.1 Å². The fourth-order valence-electron chi connectivity index (χ4n) is 2.34. The molecule has 0 saturated carbocycles. The van der Waals surface area contributed by atoms with E-state index in [2.05, 4.69) is 10.6 Å². The second kappa shape index (κ2) is 9.81. The van der Waals surface area contributed by atoms with Crippen molar-refractivity contribution in [2.45, 2.75) is 13.8 Å². The quantitative estimate of drug-likeness (QED) is 0.145. The van der Waals surface area contributed by atoms with Crippen LogP contribution < -0.4 is 26.6 Å². The lowest BCUT2D eigenvalue weighted by Crippen LogP contribution is -2.38. The molecule has 0 aliphatic heterocycles. The van der Waals surface area contributed by atoms with Gasteiger partial charge in [0.1, 0.15) is 11.4 Å². The molecule has 0 bridgehead atoms. The molecule has 0 saturated heterocycles. The number of benzene rings is 2. The fourth-order valence-corrected chi connectivity index (χ4v) is 2.34. The number of rotatable bonds is 6. The van der Waals surface area contributed by atoms with Crippen molar-refractivity contribution in [3.05, 3.63) is 65.4 Å². The summed E-state index contributed by atoms with van der Waals surface area (Å²) >= 11 is 0. The van der Waals surface area contributed by atoms with Gasteiger partial charge in [-0.15, -0.1) is 0 Å². The van der Waals surface area contributed by atoms with E-state index in [0.29, 0.717) is 17.0 Å². The molecule has 0 aromatic heterocycles. The van der Waals surface area contributed by atoms with E-state index in [-0.39, 0.29) is 17.2 Å². The number of hydrogen-bond donors (Lipinski definition) is 4. The molecule has 0 aliphatic rings. The number of nitrogens with one attached hydrogen (secondary N) is 3. The highest BCUT2D eigenvalue weighted by Gasteiger charge is 2.14. The van der Waals surface area contributed by atoms with E-state index in [9.17, 15) is 19.2 Å². The van der Waals surface area contributed by atoms with Gasteiger partial charge in [-0.25, -0.2) is 5.84 Å². The van der Waals surface area contributed by atoms with Crippen LogP contribution in [0.3, 0.4) is 0 Å². The molecule has 0 heterocycles. The number of carbonyl (C=O) groups excluding carboxylic acids is 4. The van der Waals surface area contributed by atoms with Gasteiger partial charge >= 0.3 is 5.97 Å². The number of ether oxygens (including phenoxy) is 1. The summed E-state index contributed by atoms with van der Waals surface area (Å²) in [5, 5.41) is 5.08. The molecule has 0 atom stereocenters. The molecular formula is C20H20N4O5. The maximum absolute atomic E-state index is 12.5. The van der Waals surface area contributed by atoms with Crippen LogP contribution in [-0.2, 0) is 14.4 Å². The van der Waals surface area contributed by atoms with Gasteiger partial charge in [0.05, 0.1) is 0 Å². The van der Waals surface area contributed by atoms with Gasteiger partial charge in [-0.3, -0.25) is 24.6 Å². The third-order valence-electron chi connectivity index (χ3n) is 3.52. The summed E-state index contributed by atoms with van der Waals surface area (Å²) in [6.07, 6.45) is 1.39. The smallest absolute Gasteiger partial charge is 0.308 e. The third-order valence-corrected chi connectivity index (χ3v) is 3.52. The number of amides is 3. The molecule has 5 N–H and O–H groups in total. The molecule has 0 spiro atoms. The van der Waals surface area contributed by atoms with Crippen LogP contribution in [0.25, 0.3) is 6.08 Å². The summed E-state index contributed by atoms with van der Waals surface area (Å²) in [6.45, 7) is 2.65. The molecule has 2 rings (SSSR count). The zero-order chi connectivity index (χ0) is 21.4. The highest BCUT2D eigenvalue weighted by molar-refractivity contribution is 6.05. The molecule has 0 radical (unpaired) electrons. The average Bonchev–Trinajstić information content (AvgIpc) is 2.66. The average molecular weight is 396 g/mol. The topological polar surface area (TPSA) is 140 Å². The van der Waals surface area contributed by atoms with Crippen LogP contribution in [-0.4, -0.2) is 23.7 Å². The zero-order valence-corrected chi connectivity index (χ0v) is 15.8. The Morgan fingerprint density at radius 2 is 1.69 bits per heavy atom. The van der Waals surface area contributed by atoms with E-state index in [4.69, 9.17) is 10.6 Å². The summed E-state index contributed by atoms with van der Waals surface area (Å²) in [5.74, 6) is 3.51. The van der Waals surface area contributed by atoms with E-state index in [1.807, 2.05) is 5.43 Å². The molecule has 29 heavy (non-hydrogen) atoms. The summed E-state index contributed by atoms with van der Waals surface area (Å²) in [7, 11) is 0. The maximum atomic E-state index is 12.5. The lowest BCUT2D eigenvalue weighted by atomic mass is 10.1. The van der Waals surface area contributed by atoms with Crippen LogP contribution in [0, 0.1) is 0 Å². The number of esters is 1. The Hall–Kier alpha value is -3.98. The third kappa shape index (κ3) is 6.60. The van der Waals surface area contributed by atoms with Crippen molar-refractivity contribution in [2.75, 3.05) is 5.32 Å². The molecule has 2 aromatic rings. The summed E-state index contributed by atoms with van der Waals surface area (Å²) in [4.78, 5) is 46.7.